The van der Waals surface area contributed by atoms with Crippen molar-refractivity contribution in [3.8, 4) is 11.3 Å². The van der Waals surface area contributed by atoms with Gasteiger partial charge in [0, 0.05) is 44.8 Å². The Morgan fingerprint density at radius 1 is 1.07 bits per heavy atom. The summed E-state index contributed by atoms with van der Waals surface area (Å²) in [5.74, 6) is -1.13. The smallest absolute Gasteiger partial charge is 0.228 e. The molecule has 3 aromatic rings. The molecule has 2 N–H and O–H groups in total. The van der Waals surface area contributed by atoms with Crippen LogP contribution in [0, 0.1) is 11.6 Å². The van der Waals surface area contributed by atoms with E-state index in [0.29, 0.717) is 28.8 Å². The zero-order valence-electron chi connectivity index (χ0n) is 16.2. The number of hydrogen-bond donors (Lipinski definition) is 1. The van der Waals surface area contributed by atoms with Gasteiger partial charge in [0.2, 0.25) is 5.95 Å². The molecule has 0 saturated carbocycles. The van der Waals surface area contributed by atoms with Crippen molar-refractivity contribution in [3.05, 3.63) is 29.8 Å². The first kappa shape index (κ1) is 18.5. The molecule has 1 fully saturated rings. The van der Waals surface area contributed by atoms with Crippen LogP contribution in [0.2, 0.25) is 0 Å². The Balaban J connectivity index is 1.83. The highest BCUT2D eigenvalue weighted by Crippen LogP contribution is 2.34. The molecule has 9 heteroatoms. The fourth-order valence-corrected chi connectivity index (χ4v) is 3.56. The number of fused-ring (bicyclic) bond motifs is 1. The second kappa shape index (κ2) is 6.97. The van der Waals surface area contributed by atoms with E-state index < -0.39 is 11.6 Å². The molecule has 7 nitrogen and oxygen atoms in total. The number of nitrogen functional groups attached to an aromatic ring is 1. The van der Waals surface area contributed by atoms with Gasteiger partial charge in [-0.2, -0.15) is 10.1 Å². The third-order valence-electron chi connectivity index (χ3n) is 5.26. The summed E-state index contributed by atoms with van der Waals surface area (Å²) >= 11 is 0. The Hall–Kier alpha value is -2.81. The summed E-state index contributed by atoms with van der Waals surface area (Å²) in [6, 6.07) is 4.50. The van der Waals surface area contributed by atoms with E-state index in [9.17, 15) is 8.78 Å². The van der Waals surface area contributed by atoms with Crippen LogP contribution in [0.4, 0.5) is 20.5 Å². The van der Waals surface area contributed by atoms with Gasteiger partial charge < -0.3 is 10.6 Å². The van der Waals surface area contributed by atoms with Crippen molar-refractivity contribution in [3.63, 3.8) is 0 Å². The predicted molar refractivity (Wildman–Crippen MR) is 105 cm³/mol. The topological polar surface area (TPSA) is 76.1 Å². The number of aromatic nitrogens is 4. The highest BCUT2D eigenvalue weighted by molar-refractivity contribution is 5.99. The molecule has 0 radical (unpaired) electrons. The number of anilines is 2. The Morgan fingerprint density at radius 2 is 1.79 bits per heavy atom. The van der Waals surface area contributed by atoms with Crippen LogP contribution in [0.3, 0.4) is 0 Å². The summed E-state index contributed by atoms with van der Waals surface area (Å²) in [4.78, 5) is 13.6. The molecule has 2 aromatic heterocycles. The third-order valence-corrected chi connectivity index (χ3v) is 5.26. The minimum Gasteiger partial charge on any atom is -0.383 e. The number of halogens is 2. The quantitative estimate of drug-likeness (QED) is 0.744. The zero-order chi connectivity index (χ0) is 20.0. The van der Waals surface area contributed by atoms with Crippen LogP contribution in [0.25, 0.3) is 22.3 Å². The fourth-order valence-electron chi connectivity index (χ4n) is 3.56. The molecule has 1 saturated heterocycles. The van der Waals surface area contributed by atoms with Crippen molar-refractivity contribution in [2.24, 2.45) is 7.05 Å². The summed E-state index contributed by atoms with van der Waals surface area (Å²) in [5.41, 5.74) is 6.81. The number of piperazine rings is 1. The Morgan fingerprint density at radius 3 is 2.46 bits per heavy atom. The summed E-state index contributed by atoms with van der Waals surface area (Å²) in [6.45, 7) is 7.59. The van der Waals surface area contributed by atoms with E-state index in [1.54, 1.807) is 7.05 Å². The first-order valence-corrected chi connectivity index (χ1v) is 9.30. The molecular formula is C19H23F2N7. The molecule has 3 heterocycles. The third kappa shape index (κ3) is 3.05. The van der Waals surface area contributed by atoms with Crippen LogP contribution in [0.15, 0.2) is 18.2 Å². The molecule has 28 heavy (non-hydrogen) atoms. The molecule has 1 aromatic carbocycles. The van der Waals surface area contributed by atoms with Gasteiger partial charge in [0.25, 0.3) is 0 Å². The van der Waals surface area contributed by atoms with Gasteiger partial charge in [0.05, 0.1) is 11.1 Å². The number of nitrogens with zero attached hydrogens (tertiary/aromatic N) is 6. The van der Waals surface area contributed by atoms with E-state index in [0.717, 1.165) is 32.2 Å². The number of hydrogen-bond acceptors (Lipinski definition) is 6. The van der Waals surface area contributed by atoms with Crippen molar-refractivity contribution in [1.29, 1.82) is 0 Å². The summed E-state index contributed by atoms with van der Waals surface area (Å²) in [6.07, 6.45) is 0. The van der Waals surface area contributed by atoms with Gasteiger partial charge in [-0.15, -0.1) is 0 Å². The first-order chi connectivity index (χ1) is 13.4. The minimum atomic E-state index is -0.957. The van der Waals surface area contributed by atoms with Gasteiger partial charge in [-0.25, -0.2) is 13.8 Å². The largest absolute Gasteiger partial charge is 0.383 e. The Labute approximate surface area is 161 Å². The fraction of sp³-hybridized carbons (Fsp3) is 0.421. The zero-order valence-corrected chi connectivity index (χ0v) is 16.2. The van der Waals surface area contributed by atoms with Gasteiger partial charge in [0.15, 0.2) is 17.3 Å². The summed E-state index contributed by atoms with van der Waals surface area (Å²) < 4.78 is 29.9. The maximum Gasteiger partial charge on any atom is 0.228 e. The second-order valence-electron chi connectivity index (χ2n) is 7.30. The average molecular weight is 387 g/mol. The van der Waals surface area contributed by atoms with Gasteiger partial charge >= 0.3 is 0 Å². The van der Waals surface area contributed by atoms with Crippen molar-refractivity contribution in [1.82, 2.24) is 24.6 Å². The van der Waals surface area contributed by atoms with Gasteiger partial charge in [0.1, 0.15) is 5.82 Å². The number of benzene rings is 1. The molecule has 0 bridgehead atoms. The Kier molecular flexibility index (Phi) is 4.62. The molecular weight excluding hydrogens is 364 g/mol. The van der Waals surface area contributed by atoms with Gasteiger partial charge in [-0.3, -0.25) is 9.58 Å². The average Bonchev–Trinajstić information content (AvgIpc) is 2.97. The number of aryl methyl sites for hydroxylation is 1. The van der Waals surface area contributed by atoms with Gasteiger partial charge in [-0.1, -0.05) is 6.07 Å². The highest BCUT2D eigenvalue weighted by Gasteiger charge is 2.25. The lowest BCUT2D eigenvalue weighted by Crippen LogP contribution is -2.49. The van der Waals surface area contributed by atoms with Crippen LogP contribution < -0.4 is 10.6 Å². The monoisotopic (exact) mass is 387 g/mol. The second-order valence-corrected chi connectivity index (χ2v) is 7.30. The summed E-state index contributed by atoms with van der Waals surface area (Å²) in [5, 5.41) is 4.76. The van der Waals surface area contributed by atoms with Crippen LogP contribution >= 0.6 is 0 Å². The van der Waals surface area contributed by atoms with E-state index in [2.05, 4.69) is 33.8 Å². The lowest BCUT2D eigenvalue weighted by Gasteiger charge is -2.36. The maximum atomic E-state index is 14.5. The van der Waals surface area contributed by atoms with E-state index in [1.165, 1.54) is 16.8 Å². The van der Waals surface area contributed by atoms with Crippen LogP contribution in [0.1, 0.15) is 13.8 Å². The number of nitrogens with two attached hydrogens (primary N) is 1. The molecule has 1 aliphatic heterocycles. The molecule has 0 unspecified atom stereocenters. The normalized spacial score (nSPS) is 15.7. The SMILES string of the molecule is CC(C)N1CCN(c2nc(-c3cccc(F)c3F)c3c(N)n(C)nc3n2)CC1. The Bertz CT molecular complexity index is 1020. The van der Waals surface area contributed by atoms with Crippen molar-refractivity contribution < 1.29 is 8.78 Å². The summed E-state index contributed by atoms with van der Waals surface area (Å²) in [7, 11) is 1.68. The molecule has 0 atom stereocenters. The maximum absolute atomic E-state index is 14.5. The van der Waals surface area contributed by atoms with E-state index in [1.807, 2.05) is 4.90 Å². The molecule has 148 valence electrons. The van der Waals surface area contributed by atoms with Crippen LogP contribution in [0.5, 0.6) is 0 Å². The van der Waals surface area contributed by atoms with E-state index in [-0.39, 0.29) is 11.3 Å². The van der Waals surface area contributed by atoms with Crippen LogP contribution in [-0.2, 0) is 7.05 Å². The van der Waals surface area contributed by atoms with Crippen molar-refractivity contribution >= 4 is 22.8 Å². The minimum absolute atomic E-state index is 0.0502. The van der Waals surface area contributed by atoms with Crippen molar-refractivity contribution in [2.45, 2.75) is 19.9 Å². The first-order valence-electron chi connectivity index (χ1n) is 9.30. The highest BCUT2D eigenvalue weighted by atomic mass is 19.2. The van der Waals surface area contributed by atoms with Gasteiger partial charge in [-0.05, 0) is 26.0 Å². The molecule has 4 rings (SSSR count). The lowest BCUT2D eigenvalue weighted by atomic mass is 10.1. The molecule has 0 aliphatic carbocycles. The van der Waals surface area contributed by atoms with E-state index in [4.69, 9.17) is 5.73 Å². The predicted octanol–water partition coefficient (Wildman–Crippen LogP) is 2.42. The molecule has 1 aliphatic rings. The molecule has 0 amide bonds. The molecule has 0 spiro atoms. The standard InChI is InChI=1S/C19H23F2N7/c1-11(2)27-7-9-28(10-8-27)19-23-16(12-5-4-6-13(20)15(12)21)14-17(22)26(3)25-18(14)24-19/h4-6,11H,7-10,22H2,1-3H3. The number of rotatable bonds is 3. The van der Waals surface area contributed by atoms with Crippen molar-refractivity contribution in [2.75, 3.05) is 36.8 Å². The lowest BCUT2D eigenvalue weighted by molar-refractivity contribution is 0.208. The van der Waals surface area contributed by atoms with E-state index >= 15 is 0 Å². The van der Waals surface area contributed by atoms with Crippen LogP contribution in [-0.4, -0.2) is 56.9 Å².